The van der Waals surface area contributed by atoms with E-state index < -0.39 is 17.4 Å². The molecule has 3 amide bonds. The van der Waals surface area contributed by atoms with E-state index >= 15 is 0 Å². The van der Waals surface area contributed by atoms with Gasteiger partial charge in [-0.15, -0.1) is 0 Å². The van der Waals surface area contributed by atoms with Crippen LogP contribution in [0.1, 0.15) is 24.5 Å². The molecule has 1 saturated heterocycles. The van der Waals surface area contributed by atoms with E-state index in [2.05, 4.69) is 5.32 Å². The number of imide groups is 1. The maximum atomic E-state index is 13.9. The highest BCUT2D eigenvalue weighted by Gasteiger charge is 2.47. The first-order valence-electron chi connectivity index (χ1n) is 8.96. The second-order valence-electron chi connectivity index (χ2n) is 6.97. The minimum absolute atomic E-state index is 0.00368. The summed E-state index contributed by atoms with van der Waals surface area (Å²) in [7, 11) is 2.98. The number of carbonyl (C=O) groups is 2. The van der Waals surface area contributed by atoms with Crippen LogP contribution in [-0.2, 0) is 17.8 Å². The van der Waals surface area contributed by atoms with Gasteiger partial charge in [0.05, 0.1) is 20.8 Å². The van der Waals surface area contributed by atoms with Crippen LogP contribution in [0.4, 0.5) is 9.18 Å². The quantitative estimate of drug-likeness (QED) is 0.742. The first kappa shape index (κ1) is 19.7. The SMILES string of the molecule is COc1ccc(CC[C@@]2(C)NC(=O)N(Cc3ccc(OC)c(F)c3)C2=O)cc1. The number of methoxy groups -OCH3 is 2. The van der Waals surface area contributed by atoms with Crippen molar-refractivity contribution in [2.75, 3.05) is 14.2 Å². The average Bonchev–Trinajstić information content (AvgIpc) is 2.90. The van der Waals surface area contributed by atoms with E-state index in [1.165, 1.54) is 19.2 Å². The highest BCUT2D eigenvalue weighted by molar-refractivity contribution is 6.06. The fraction of sp³-hybridized carbons (Fsp3) is 0.333. The summed E-state index contributed by atoms with van der Waals surface area (Å²) in [4.78, 5) is 26.4. The Morgan fingerprint density at radius 1 is 1.04 bits per heavy atom. The molecule has 1 atom stereocenters. The number of ether oxygens (including phenoxy) is 2. The molecular formula is C21H23FN2O4. The molecule has 7 heteroatoms. The van der Waals surface area contributed by atoms with Crippen LogP contribution in [0.25, 0.3) is 0 Å². The molecule has 0 unspecified atom stereocenters. The molecule has 0 saturated carbocycles. The Balaban J connectivity index is 1.68. The van der Waals surface area contributed by atoms with Crippen LogP contribution in [-0.4, -0.2) is 36.6 Å². The first-order chi connectivity index (χ1) is 13.4. The van der Waals surface area contributed by atoms with Gasteiger partial charge in [0.2, 0.25) is 0 Å². The second-order valence-corrected chi connectivity index (χ2v) is 6.97. The minimum Gasteiger partial charge on any atom is -0.497 e. The van der Waals surface area contributed by atoms with Gasteiger partial charge in [-0.25, -0.2) is 9.18 Å². The Bertz CT molecular complexity index is 884. The molecule has 1 aliphatic heterocycles. The van der Waals surface area contributed by atoms with Gasteiger partial charge in [-0.1, -0.05) is 18.2 Å². The van der Waals surface area contributed by atoms with Crippen LogP contribution in [0.5, 0.6) is 11.5 Å². The maximum absolute atomic E-state index is 13.9. The van der Waals surface area contributed by atoms with Crippen LogP contribution >= 0.6 is 0 Å². The van der Waals surface area contributed by atoms with Gasteiger partial charge in [0.25, 0.3) is 5.91 Å². The van der Waals surface area contributed by atoms with Crippen molar-refractivity contribution in [1.29, 1.82) is 0 Å². The number of amides is 3. The molecule has 2 aromatic carbocycles. The standard InChI is InChI=1S/C21H23FN2O4/c1-21(11-10-14-4-7-16(27-2)8-5-14)19(25)24(20(26)23-21)13-15-6-9-18(28-3)17(22)12-15/h4-9,12H,10-11,13H2,1-3H3,(H,23,26)/t21-/m1/s1. The van der Waals surface area contributed by atoms with Crippen molar-refractivity contribution in [1.82, 2.24) is 10.2 Å². The van der Waals surface area contributed by atoms with E-state index in [0.717, 1.165) is 16.2 Å². The molecule has 0 radical (unpaired) electrons. The van der Waals surface area contributed by atoms with Gasteiger partial charge in [0.1, 0.15) is 11.3 Å². The summed E-state index contributed by atoms with van der Waals surface area (Å²) in [6.45, 7) is 1.72. The number of hydrogen-bond acceptors (Lipinski definition) is 4. The molecule has 2 aromatic rings. The molecule has 1 N–H and O–H groups in total. The van der Waals surface area contributed by atoms with Crippen molar-refractivity contribution < 1.29 is 23.5 Å². The zero-order valence-corrected chi connectivity index (χ0v) is 16.1. The van der Waals surface area contributed by atoms with Crippen molar-refractivity contribution in [3.05, 3.63) is 59.4 Å². The fourth-order valence-corrected chi connectivity index (χ4v) is 3.24. The predicted molar refractivity (Wildman–Crippen MR) is 102 cm³/mol. The van der Waals surface area contributed by atoms with E-state index in [4.69, 9.17) is 9.47 Å². The molecule has 3 rings (SSSR count). The summed E-state index contributed by atoms with van der Waals surface area (Å²) in [5, 5.41) is 2.77. The van der Waals surface area contributed by atoms with Gasteiger partial charge in [0, 0.05) is 0 Å². The van der Waals surface area contributed by atoms with E-state index in [1.807, 2.05) is 24.3 Å². The lowest BCUT2D eigenvalue weighted by molar-refractivity contribution is -0.131. The summed E-state index contributed by atoms with van der Waals surface area (Å²) in [5.74, 6) is 0.0277. The third-order valence-corrected chi connectivity index (χ3v) is 4.97. The molecule has 0 aliphatic carbocycles. The lowest BCUT2D eigenvalue weighted by Gasteiger charge is -2.22. The number of hydrogen-bond donors (Lipinski definition) is 1. The molecule has 0 aromatic heterocycles. The summed E-state index contributed by atoms with van der Waals surface area (Å²) >= 11 is 0. The van der Waals surface area contributed by atoms with Crippen molar-refractivity contribution in [2.45, 2.75) is 31.8 Å². The highest BCUT2D eigenvalue weighted by Crippen LogP contribution is 2.26. The molecular weight excluding hydrogens is 363 g/mol. The van der Waals surface area contributed by atoms with Gasteiger partial charge in [-0.05, 0) is 55.2 Å². The van der Waals surface area contributed by atoms with E-state index in [1.54, 1.807) is 20.1 Å². The van der Waals surface area contributed by atoms with Crippen molar-refractivity contribution in [2.24, 2.45) is 0 Å². The van der Waals surface area contributed by atoms with Crippen LogP contribution in [0.3, 0.4) is 0 Å². The molecule has 0 bridgehead atoms. The minimum atomic E-state index is -0.998. The Hall–Kier alpha value is -3.09. The molecule has 28 heavy (non-hydrogen) atoms. The fourth-order valence-electron chi connectivity index (χ4n) is 3.24. The Labute approximate surface area is 163 Å². The number of nitrogens with one attached hydrogen (secondary N) is 1. The topological polar surface area (TPSA) is 67.9 Å². The van der Waals surface area contributed by atoms with Crippen LogP contribution in [0.15, 0.2) is 42.5 Å². The van der Waals surface area contributed by atoms with Gasteiger partial charge < -0.3 is 14.8 Å². The van der Waals surface area contributed by atoms with E-state index in [0.29, 0.717) is 18.4 Å². The lowest BCUT2D eigenvalue weighted by atomic mass is 9.93. The largest absolute Gasteiger partial charge is 0.497 e. The number of rotatable bonds is 7. The average molecular weight is 386 g/mol. The zero-order chi connectivity index (χ0) is 20.3. The third kappa shape index (κ3) is 3.93. The number of carbonyl (C=O) groups excluding carboxylic acids is 2. The molecule has 1 fully saturated rings. The van der Waals surface area contributed by atoms with E-state index in [9.17, 15) is 14.0 Å². The van der Waals surface area contributed by atoms with Crippen molar-refractivity contribution >= 4 is 11.9 Å². The summed E-state index contributed by atoms with van der Waals surface area (Å²) in [6.07, 6.45) is 1.08. The maximum Gasteiger partial charge on any atom is 0.325 e. The van der Waals surface area contributed by atoms with Crippen molar-refractivity contribution in [3.63, 3.8) is 0 Å². The zero-order valence-electron chi connectivity index (χ0n) is 16.1. The Kier molecular flexibility index (Phi) is 5.53. The first-order valence-corrected chi connectivity index (χ1v) is 8.96. The molecule has 148 valence electrons. The van der Waals surface area contributed by atoms with Crippen LogP contribution in [0, 0.1) is 5.82 Å². The summed E-state index contributed by atoms with van der Waals surface area (Å²) in [6, 6.07) is 11.5. The Morgan fingerprint density at radius 2 is 1.71 bits per heavy atom. The van der Waals surface area contributed by atoms with Crippen LogP contribution < -0.4 is 14.8 Å². The number of benzene rings is 2. The lowest BCUT2D eigenvalue weighted by Crippen LogP contribution is -2.44. The number of nitrogens with zero attached hydrogens (tertiary/aromatic N) is 1. The third-order valence-electron chi connectivity index (χ3n) is 4.97. The number of urea groups is 1. The van der Waals surface area contributed by atoms with Crippen molar-refractivity contribution in [3.8, 4) is 11.5 Å². The number of aryl methyl sites for hydroxylation is 1. The second kappa shape index (κ2) is 7.88. The van der Waals surface area contributed by atoms with Gasteiger partial charge >= 0.3 is 6.03 Å². The highest BCUT2D eigenvalue weighted by atomic mass is 19.1. The van der Waals surface area contributed by atoms with Crippen LogP contribution in [0.2, 0.25) is 0 Å². The van der Waals surface area contributed by atoms with Gasteiger partial charge in [-0.2, -0.15) is 0 Å². The smallest absolute Gasteiger partial charge is 0.325 e. The monoisotopic (exact) mass is 386 g/mol. The molecule has 6 nitrogen and oxygen atoms in total. The Morgan fingerprint density at radius 3 is 2.32 bits per heavy atom. The normalized spacial score (nSPS) is 18.9. The summed E-state index contributed by atoms with van der Waals surface area (Å²) in [5.41, 5.74) is 0.558. The van der Waals surface area contributed by atoms with Gasteiger partial charge in [-0.3, -0.25) is 9.69 Å². The van der Waals surface area contributed by atoms with E-state index in [-0.39, 0.29) is 18.2 Å². The summed E-state index contributed by atoms with van der Waals surface area (Å²) < 4.78 is 23.9. The predicted octanol–water partition coefficient (Wildman–Crippen LogP) is 3.29. The number of halogens is 1. The molecule has 1 heterocycles. The van der Waals surface area contributed by atoms with Gasteiger partial charge in [0.15, 0.2) is 11.6 Å². The molecule has 0 spiro atoms. The molecule has 1 aliphatic rings.